The van der Waals surface area contributed by atoms with Crippen molar-refractivity contribution in [2.24, 2.45) is 5.92 Å². The molecule has 18 heavy (non-hydrogen) atoms. The lowest BCUT2D eigenvalue weighted by Crippen LogP contribution is -2.20. The van der Waals surface area contributed by atoms with Crippen molar-refractivity contribution in [2.75, 3.05) is 19.6 Å². The molecule has 1 aliphatic rings. The Kier molecular flexibility index (Phi) is 5.25. The Morgan fingerprint density at radius 3 is 2.22 bits per heavy atom. The van der Waals surface area contributed by atoms with Gasteiger partial charge in [-0.2, -0.15) is 0 Å². The Bertz CT molecular complexity index is 333. The van der Waals surface area contributed by atoms with Gasteiger partial charge in [0.05, 0.1) is 0 Å². The minimum atomic E-state index is 0.756. The summed E-state index contributed by atoms with van der Waals surface area (Å²) in [7, 11) is 0. The van der Waals surface area contributed by atoms with Crippen molar-refractivity contribution in [2.45, 2.75) is 46.0 Å². The minimum absolute atomic E-state index is 0.756. The maximum absolute atomic E-state index is 2.60. The molecule has 0 atom stereocenters. The molecule has 0 spiro atoms. The first kappa shape index (κ1) is 13.6. The van der Waals surface area contributed by atoms with E-state index in [9.17, 15) is 0 Å². The Hall–Kier alpha value is -0.820. The fourth-order valence-corrected chi connectivity index (χ4v) is 2.83. The molecule has 1 fully saturated rings. The monoisotopic (exact) mass is 245 g/mol. The van der Waals surface area contributed by atoms with E-state index in [2.05, 4.69) is 43.0 Å². The predicted octanol–water partition coefficient (Wildman–Crippen LogP) is 3.91. The second-order valence-corrected chi connectivity index (χ2v) is 6.07. The van der Waals surface area contributed by atoms with E-state index in [1.54, 1.807) is 0 Å². The van der Waals surface area contributed by atoms with Gasteiger partial charge >= 0.3 is 0 Å². The van der Waals surface area contributed by atoms with Gasteiger partial charge in [0.1, 0.15) is 0 Å². The molecule has 1 heteroatoms. The Morgan fingerprint density at radius 2 is 1.61 bits per heavy atom. The van der Waals surface area contributed by atoms with Crippen molar-refractivity contribution >= 4 is 0 Å². The van der Waals surface area contributed by atoms with Crippen molar-refractivity contribution < 1.29 is 0 Å². The Morgan fingerprint density at radius 1 is 1.00 bits per heavy atom. The van der Waals surface area contributed by atoms with Crippen LogP contribution in [0.15, 0.2) is 24.3 Å². The fraction of sp³-hybridized carbons (Fsp3) is 0.647. The van der Waals surface area contributed by atoms with Gasteiger partial charge < -0.3 is 4.90 Å². The standard InChI is InChI=1S/C17H27N/c1-15(2)14-17-9-7-16(8-10-17)6-5-13-18-11-3-4-12-18/h7-10,15H,3-6,11-14H2,1-2H3. The quantitative estimate of drug-likeness (QED) is 0.734. The predicted molar refractivity (Wildman–Crippen MR) is 79.0 cm³/mol. The zero-order valence-corrected chi connectivity index (χ0v) is 12.0. The molecule has 1 aromatic carbocycles. The zero-order chi connectivity index (χ0) is 12.8. The summed E-state index contributed by atoms with van der Waals surface area (Å²) in [6.45, 7) is 8.50. The van der Waals surface area contributed by atoms with E-state index in [0.29, 0.717) is 0 Å². The van der Waals surface area contributed by atoms with Crippen molar-refractivity contribution in [3.8, 4) is 0 Å². The molecule has 100 valence electrons. The molecule has 1 nitrogen and oxygen atoms in total. The van der Waals surface area contributed by atoms with Crippen LogP contribution in [0.5, 0.6) is 0 Å². The minimum Gasteiger partial charge on any atom is -0.303 e. The van der Waals surface area contributed by atoms with E-state index in [-0.39, 0.29) is 0 Å². The van der Waals surface area contributed by atoms with Gasteiger partial charge in [-0.15, -0.1) is 0 Å². The zero-order valence-electron chi connectivity index (χ0n) is 12.0. The lowest BCUT2D eigenvalue weighted by Gasteiger charge is -2.14. The van der Waals surface area contributed by atoms with Crippen LogP contribution in [0.2, 0.25) is 0 Å². The lowest BCUT2D eigenvalue weighted by atomic mass is 10.0. The van der Waals surface area contributed by atoms with Crippen LogP contribution in [0.4, 0.5) is 0 Å². The number of hydrogen-bond acceptors (Lipinski definition) is 1. The van der Waals surface area contributed by atoms with Crippen LogP contribution in [0.1, 0.15) is 44.2 Å². The highest BCUT2D eigenvalue weighted by Gasteiger charge is 2.10. The van der Waals surface area contributed by atoms with E-state index in [1.165, 1.54) is 62.9 Å². The summed E-state index contributed by atoms with van der Waals surface area (Å²) in [5.74, 6) is 0.756. The van der Waals surface area contributed by atoms with Gasteiger partial charge in [0, 0.05) is 0 Å². The van der Waals surface area contributed by atoms with Gasteiger partial charge in [0.2, 0.25) is 0 Å². The molecular formula is C17H27N. The summed E-state index contributed by atoms with van der Waals surface area (Å²) in [6.07, 6.45) is 6.56. The molecule has 1 saturated heterocycles. The van der Waals surface area contributed by atoms with Gasteiger partial charge in [-0.3, -0.25) is 0 Å². The van der Waals surface area contributed by atoms with E-state index in [0.717, 1.165) is 5.92 Å². The third-order valence-electron chi connectivity index (χ3n) is 3.81. The molecule has 0 bridgehead atoms. The summed E-state index contributed by atoms with van der Waals surface area (Å²) in [5, 5.41) is 0. The number of hydrogen-bond donors (Lipinski definition) is 0. The third-order valence-corrected chi connectivity index (χ3v) is 3.81. The van der Waals surface area contributed by atoms with E-state index in [4.69, 9.17) is 0 Å². The van der Waals surface area contributed by atoms with Crippen molar-refractivity contribution in [3.05, 3.63) is 35.4 Å². The number of rotatable bonds is 6. The first-order chi connectivity index (χ1) is 8.74. The molecule has 0 amide bonds. The molecule has 1 heterocycles. The van der Waals surface area contributed by atoms with Crippen LogP contribution in [0.25, 0.3) is 0 Å². The summed E-state index contributed by atoms with van der Waals surface area (Å²) in [6, 6.07) is 9.26. The maximum atomic E-state index is 2.60. The third kappa shape index (κ3) is 4.45. The van der Waals surface area contributed by atoms with Gasteiger partial charge in [0.15, 0.2) is 0 Å². The molecular weight excluding hydrogens is 218 g/mol. The highest BCUT2D eigenvalue weighted by molar-refractivity contribution is 5.22. The number of aryl methyl sites for hydroxylation is 1. The van der Waals surface area contributed by atoms with Crippen LogP contribution in [0, 0.1) is 5.92 Å². The first-order valence-corrected chi connectivity index (χ1v) is 7.54. The Balaban J connectivity index is 1.72. The van der Waals surface area contributed by atoms with Gasteiger partial charge in [-0.25, -0.2) is 0 Å². The SMILES string of the molecule is CC(C)Cc1ccc(CCCN2CCCC2)cc1. The van der Waals surface area contributed by atoms with Crippen LogP contribution >= 0.6 is 0 Å². The average Bonchev–Trinajstić information content (AvgIpc) is 2.84. The number of likely N-dealkylation sites (tertiary alicyclic amines) is 1. The number of benzene rings is 1. The van der Waals surface area contributed by atoms with Crippen molar-refractivity contribution in [1.82, 2.24) is 4.90 Å². The Labute approximate surface area is 112 Å². The molecule has 2 rings (SSSR count). The van der Waals surface area contributed by atoms with E-state index < -0.39 is 0 Å². The normalized spacial score (nSPS) is 16.6. The van der Waals surface area contributed by atoms with Crippen LogP contribution in [-0.2, 0) is 12.8 Å². The summed E-state index contributed by atoms with van der Waals surface area (Å²) in [4.78, 5) is 2.60. The summed E-state index contributed by atoms with van der Waals surface area (Å²) >= 11 is 0. The number of nitrogens with zero attached hydrogens (tertiary/aromatic N) is 1. The average molecular weight is 245 g/mol. The van der Waals surface area contributed by atoms with Crippen molar-refractivity contribution in [1.29, 1.82) is 0 Å². The second-order valence-electron chi connectivity index (χ2n) is 6.07. The largest absolute Gasteiger partial charge is 0.303 e. The van der Waals surface area contributed by atoms with Gasteiger partial charge in [-0.1, -0.05) is 38.1 Å². The highest BCUT2D eigenvalue weighted by atomic mass is 15.1. The van der Waals surface area contributed by atoms with E-state index in [1.807, 2.05) is 0 Å². The highest BCUT2D eigenvalue weighted by Crippen LogP contribution is 2.12. The van der Waals surface area contributed by atoms with E-state index >= 15 is 0 Å². The smallest absolute Gasteiger partial charge is 0.00156 e. The molecule has 0 unspecified atom stereocenters. The summed E-state index contributed by atoms with van der Waals surface area (Å²) < 4.78 is 0. The first-order valence-electron chi connectivity index (χ1n) is 7.54. The molecule has 0 N–H and O–H groups in total. The molecule has 0 saturated carbocycles. The van der Waals surface area contributed by atoms with Crippen LogP contribution in [-0.4, -0.2) is 24.5 Å². The maximum Gasteiger partial charge on any atom is -0.00156 e. The molecule has 0 aliphatic carbocycles. The van der Waals surface area contributed by atoms with Gasteiger partial charge in [0.25, 0.3) is 0 Å². The second kappa shape index (κ2) is 6.94. The molecule has 0 radical (unpaired) electrons. The van der Waals surface area contributed by atoms with Crippen molar-refractivity contribution in [3.63, 3.8) is 0 Å². The van der Waals surface area contributed by atoms with Crippen LogP contribution < -0.4 is 0 Å². The molecule has 1 aromatic rings. The lowest BCUT2D eigenvalue weighted by molar-refractivity contribution is 0.334. The van der Waals surface area contributed by atoms with Crippen LogP contribution in [0.3, 0.4) is 0 Å². The van der Waals surface area contributed by atoms with Gasteiger partial charge in [-0.05, 0) is 68.8 Å². The molecule has 0 aromatic heterocycles. The summed E-state index contributed by atoms with van der Waals surface area (Å²) in [5.41, 5.74) is 2.98. The fourth-order valence-electron chi connectivity index (χ4n) is 2.83. The topological polar surface area (TPSA) is 3.24 Å². The molecule has 1 aliphatic heterocycles.